The number of amides is 1. The quantitative estimate of drug-likeness (QED) is 0.787. The van der Waals surface area contributed by atoms with Crippen LogP contribution in [-0.2, 0) is 6.61 Å². The molecule has 0 aliphatic carbocycles. The highest BCUT2D eigenvalue weighted by Crippen LogP contribution is 2.17. The molecule has 0 aliphatic rings. The fraction of sp³-hybridized carbons (Fsp3) is 0.133. The third kappa shape index (κ3) is 3.11. The van der Waals surface area contributed by atoms with E-state index in [9.17, 15) is 4.79 Å². The van der Waals surface area contributed by atoms with Crippen molar-refractivity contribution in [2.24, 2.45) is 0 Å². The molecule has 3 N–H and O–H groups in total. The lowest BCUT2D eigenvalue weighted by molar-refractivity contribution is 0.102. The Hall–Kier alpha value is -2.33. The largest absolute Gasteiger partial charge is 0.392 e. The second-order valence-electron chi connectivity index (χ2n) is 4.10. The van der Waals surface area contributed by atoms with Crippen LogP contribution in [0.4, 0.5) is 11.4 Å². The van der Waals surface area contributed by atoms with Gasteiger partial charge < -0.3 is 15.7 Å². The smallest absolute Gasteiger partial charge is 0.257 e. The minimum atomic E-state index is -0.165. The van der Waals surface area contributed by atoms with Gasteiger partial charge in [0.15, 0.2) is 0 Å². The van der Waals surface area contributed by atoms with Gasteiger partial charge in [0, 0.05) is 18.4 Å². The molecular formula is C15H16N2O2. The maximum atomic E-state index is 12.1. The van der Waals surface area contributed by atoms with Crippen molar-refractivity contribution in [1.29, 1.82) is 0 Å². The zero-order valence-corrected chi connectivity index (χ0v) is 10.7. The molecule has 19 heavy (non-hydrogen) atoms. The molecule has 0 fully saturated rings. The minimum absolute atomic E-state index is 0.00316. The Morgan fingerprint density at radius 1 is 1.11 bits per heavy atom. The summed E-state index contributed by atoms with van der Waals surface area (Å²) in [6, 6.07) is 14.4. The van der Waals surface area contributed by atoms with Crippen molar-refractivity contribution in [1.82, 2.24) is 0 Å². The van der Waals surface area contributed by atoms with Crippen LogP contribution in [0.1, 0.15) is 15.9 Å². The third-order valence-corrected chi connectivity index (χ3v) is 2.84. The van der Waals surface area contributed by atoms with E-state index in [1.165, 1.54) is 0 Å². The van der Waals surface area contributed by atoms with Gasteiger partial charge in [-0.1, -0.05) is 24.3 Å². The van der Waals surface area contributed by atoms with Crippen LogP contribution in [0.25, 0.3) is 0 Å². The SMILES string of the molecule is CNc1ccccc1C(=O)Nc1ccc(CO)cc1. The summed E-state index contributed by atoms with van der Waals surface area (Å²) >= 11 is 0. The molecular weight excluding hydrogens is 240 g/mol. The molecule has 4 heteroatoms. The molecule has 0 atom stereocenters. The van der Waals surface area contributed by atoms with E-state index in [0.717, 1.165) is 11.3 Å². The number of aliphatic hydroxyl groups is 1. The Labute approximate surface area is 112 Å². The highest BCUT2D eigenvalue weighted by Gasteiger charge is 2.09. The first-order valence-electron chi connectivity index (χ1n) is 6.02. The summed E-state index contributed by atoms with van der Waals surface area (Å²) < 4.78 is 0. The lowest BCUT2D eigenvalue weighted by atomic mass is 10.1. The van der Waals surface area contributed by atoms with Crippen LogP contribution in [0, 0.1) is 0 Å². The zero-order valence-electron chi connectivity index (χ0n) is 10.7. The fourth-order valence-electron chi connectivity index (χ4n) is 1.79. The molecule has 0 saturated heterocycles. The van der Waals surface area contributed by atoms with Crippen molar-refractivity contribution in [3.8, 4) is 0 Å². The van der Waals surface area contributed by atoms with Crippen LogP contribution in [0.5, 0.6) is 0 Å². The molecule has 2 aromatic carbocycles. The van der Waals surface area contributed by atoms with Crippen molar-refractivity contribution >= 4 is 17.3 Å². The third-order valence-electron chi connectivity index (χ3n) is 2.84. The first-order chi connectivity index (χ1) is 9.24. The number of hydrogen-bond donors (Lipinski definition) is 3. The summed E-state index contributed by atoms with van der Waals surface area (Å²) in [5.74, 6) is -0.165. The van der Waals surface area contributed by atoms with Crippen LogP contribution < -0.4 is 10.6 Å². The van der Waals surface area contributed by atoms with Crippen molar-refractivity contribution in [3.05, 3.63) is 59.7 Å². The van der Waals surface area contributed by atoms with E-state index < -0.39 is 0 Å². The second kappa shape index (κ2) is 6.02. The van der Waals surface area contributed by atoms with Gasteiger partial charge in [0.2, 0.25) is 0 Å². The maximum Gasteiger partial charge on any atom is 0.257 e. The fourth-order valence-corrected chi connectivity index (χ4v) is 1.79. The molecule has 0 aliphatic heterocycles. The first kappa shape index (κ1) is 13.1. The molecule has 2 rings (SSSR count). The van der Waals surface area contributed by atoms with Crippen LogP contribution in [-0.4, -0.2) is 18.1 Å². The molecule has 0 spiro atoms. The Bertz CT molecular complexity index is 565. The van der Waals surface area contributed by atoms with Gasteiger partial charge in [-0.25, -0.2) is 0 Å². The summed E-state index contributed by atoms with van der Waals surface area (Å²) in [5, 5.41) is 14.8. The second-order valence-corrected chi connectivity index (χ2v) is 4.10. The Morgan fingerprint density at radius 2 is 1.79 bits per heavy atom. The van der Waals surface area contributed by atoms with Crippen LogP contribution in [0.2, 0.25) is 0 Å². The van der Waals surface area contributed by atoms with Crippen molar-refractivity contribution in [3.63, 3.8) is 0 Å². The van der Waals surface area contributed by atoms with Gasteiger partial charge in [-0.3, -0.25) is 4.79 Å². The summed E-state index contributed by atoms with van der Waals surface area (Å²) in [5.41, 5.74) is 2.89. The Morgan fingerprint density at radius 3 is 2.42 bits per heavy atom. The summed E-state index contributed by atoms with van der Waals surface area (Å²) in [6.45, 7) is -0.00316. The lowest BCUT2D eigenvalue weighted by Crippen LogP contribution is -2.13. The van der Waals surface area contributed by atoms with Gasteiger partial charge in [-0.2, -0.15) is 0 Å². The van der Waals surface area contributed by atoms with E-state index in [4.69, 9.17) is 5.11 Å². The van der Waals surface area contributed by atoms with Gasteiger partial charge in [0.05, 0.1) is 12.2 Å². The Kier molecular flexibility index (Phi) is 4.15. The first-order valence-corrected chi connectivity index (χ1v) is 6.02. The molecule has 4 nitrogen and oxygen atoms in total. The number of anilines is 2. The molecule has 0 aromatic heterocycles. The number of rotatable bonds is 4. The summed E-state index contributed by atoms with van der Waals surface area (Å²) in [7, 11) is 1.78. The molecule has 0 heterocycles. The van der Waals surface area contributed by atoms with Crippen LogP contribution in [0.15, 0.2) is 48.5 Å². The zero-order chi connectivity index (χ0) is 13.7. The highest BCUT2D eigenvalue weighted by atomic mass is 16.3. The monoisotopic (exact) mass is 256 g/mol. The maximum absolute atomic E-state index is 12.1. The van der Waals surface area contributed by atoms with E-state index in [1.807, 2.05) is 18.2 Å². The molecule has 98 valence electrons. The number of para-hydroxylation sites is 1. The summed E-state index contributed by atoms with van der Waals surface area (Å²) in [6.07, 6.45) is 0. The summed E-state index contributed by atoms with van der Waals surface area (Å²) in [4.78, 5) is 12.1. The van der Waals surface area contributed by atoms with Crippen molar-refractivity contribution in [2.75, 3.05) is 17.7 Å². The highest BCUT2D eigenvalue weighted by molar-refractivity contribution is 6.08. The predicted molar refractivity (Wildman–Crippen MR) is 76.3 cm³/mol. The molecule has 1 amide bonds. The standard InChI is InChI=1S/C15H16N2O2/c1-16-14-5-3-2-4-13(14)15(19)17-12-8-6-11(10-18)7-9-12/h2-9,16,18H,10H2,1H3,(H,17,19). The molecule has 0 bridgehead atoms. The average molecular weight is 256 g/mol. The van der Waals surface area contributed by atoms with Crippen LogP contribution >= 0.6 is 0 Å². The van der Waals surface area contributed by atoms with Gasteiger partial charge in [-0.15, -0.1) is 0 Å². The van der Waals surface area contributed by atoms with Crippen molar-refractivity contribution in [2.45, 2.75) is 6.61 Å². The van der Waals surface area contributed by atoms with Gasteiger partial charge in [0.25, 0.3) is 5.91 Å². The van der Waals surface area contributed by atoms with E-state index in [2.05, 4.69) is 10.6 Å². The number of benzene rings is 2. The van der Waals surface area contributed by atoms with Gasteiger partial charge in [-0.05, 0) is 29.8 Å². The van der Waals surface area contributed by atoms with Crippen molar-refractivity contribution < 1.29 is 9.90 Å². The molecule has 0 saturated carbocycles. The average Bonchev–Trinajstić information content (AvgIpc) is 2.48. The van der Waals surface area contributed by atoms with E-state index in [-0.39, 0.29) is 12.5 Å². The number of carbonyl (C=O) groups is 1. The topological polar surface area (TPSA) is 61.4 Å². The van der Waals surface area contributed by atoms with Crippen LogP contribution in [0.3, 0.4) is 0 Å². The number of nitrogens with one attached hydrogen (secondary N) is 2. The van der Waals surface area contributed by atoms with Gasteiger partial charge >= 0.3 is 0 Å². The molecule has 0 radical (unpaired) electrons. The molecule has 2 aromatic rings. The number of aliphatic hydroxyl groups excluding tert-OH is 1. The molecule has 0 unspecified atom stereocenters. The Balaban J connectivity index is 2.16. The normalized spacial score (nSPS) is 10.0. The lowest BCUT2D eigenvalue weighted by Gasteiger charge is -2.09. The van der Waals surface area contributed by atoms with E-state index >= 15 is 0 Å². The number of carbonyl (C=O) groups excluding carboxylic acids is 1. The predicted octanol–water partition coefficient (Wildman–Crippen LogP) is 2.47. The number of hydrogen-bond acceptors (Lipinski definition) is 3. The van der Waals surface area contributed by atoms with E-state index in [0.29, 0.717) is 11.3 Å². The van der Waals surface area contributed by atoms with E-state index in [1.54, 1.807) is 37.4 Å². The minimum Gasteiger partial charge on any atom is -0.392 e. The van der Waals surface area contributed by atoms with Gasteiger partial charge in [0.1, 0.15) is 0 Å².